The number of carbonyl (C=O) groups is 1. The van der Waals surface area contributed by atoms with Crippen LogP contribution in [0.25, 0.3) is 0 Å². The highest BCUT2D eigenvalue weighted by molar-refractivity contribution is 5.95. The van der Waals surface area contributed by atoms with E-state index in [1.807, 2.05) is 29.2 Å². The molecule has 1 amide bonds. The van der Waals surface area contributed by atoms with Gasteiger partial charge in [0.25, 0.3) is 0 Å². The molecule has 2 aromatic carbocycles. The number of rotatable bonds is 4. The summed E-state index contributed by atoms with van der Waals surface area (Å²) in [5.41, 5.74) is 6.00. The fourth-order valence-corrected chi connectivity index (χ4v) is 2.98. The lowest BCUT2D eigenvalue weighted by Gasteiger charge is -2.18. The van der Waals surface area contributed by atoms with Gasteiger partial charge < -0.3 is 10.2 Å². The number of carbonyl (C=O) groups excluding carboxylic acids is 1. The number of nitrogens with one attached hydrogen (secondary N) is 1. The second-order valence-corrected chi connectivity index (χ2v) is 5.85. The van der Waals surface area contributed by atoms with Crippen LogP contribution in [0.2, 0.25) is 0 Å². The minimum Gasteiger partial charge on any atom is -0.384 e. The van der Waals surface area contributed by atoms with E-state index in [4.69, 9.17) is 0 Å². The molecule has 3 rings (SSSR count). The first kappa shape index (κ1) is 14.6. The number of benzene rings is 2. The van der Waals surface area contributed by atoms with Crippen molar-refractivity contribution >= 4 is 17.3 Å². The summed E-state index contributed by atoms with van der Waals surface area (Å²) < 4.78 is 0. The smallest absolute Gasteiger partial charge is 0.228 e. The van der Waals surface area contributed by atoms with Crippen LogP contribution in [-0.2, 0) is 11.2 Å². The van der Waals surface area contributed by atoms with Crippen LogP contribution in [0.3, 0.4) is 0 Å². The van der Waals surface area contributed by atoms with Crippen molar-refractivity contribution in [2.45, 2.75) is 26.7 Å². The molecule has 3 heteroatoms. The van der Waals surface area contributed by atoms with Crippen LogP contribution in [0.15, 0.2) is 42.5 Å². The summed E-state index contributed by atoms with van der Waals surface area (Å²) in [6, 6.07) is 14.4. The highest BCUT2D eigenvalue weighted by Crippen LogP contribution is 2.27. The summed E-state index contributed by atoms with van der Waals surface area (Å²) in [6.07, 6.45) is 1.48. The largest absolute Gasteiger partial charge is 0.384 e. The van der Waals surface area contributed by atoms with Gasteiger partial charge in [-0.25, -0.2) is 0 Å². The minimum absolute atomic E-state index is 0.197. The summed E-state index contributed by atoms with van der Waals surface area (Å²) in [7, 11) is 0. The van der Waals surface area contributed by atoms with E-state index in [1.54, 1.807) is 0 Å². The van der Waals surface area contributed by atoms with Crippen molar-refractivity contribution < 1.29 is 4.79 Å². The number of fused-ring (bicyclic) bond motifs is 1. The number of amides is 1. The third-order valence-electron chi connectivity index (χ3n) is 4.45. The van der Waals surface area contributed by atoms with Crippen molar-refractivity contribution in [1.82, 2.24) is 0 Å². The number of anilines is 2. The Kier molecular flexibility index (Phi) is 4.14. The predicted molar refractivity (Wildman–Crippen MR) is 91.5 cm³/mol. The van der Waals surface area contributed by atoms with E-state index < -0.39 is 0 Å². The minimum atomic E-state index is 0.197. The monoisotopic (exact) mass is 294 g/mol. The van der Waals surface area contributed by atoms with E-state index in [0.29, 0.717) is 13.0 Å². The van der Waals surface area contributed by atoms with Gasteiger partial charge in [-0.2, -0.15) is 0 Å². The first-order valence-corrected chi connectivity index (χ1v) is 7.85. The van der Waals surface area contributed by atoms with Gasteiger partial charge in [-0.05, 0) is 49.1 Å². The molecule has 1 aliphatic rings. The maximum Gasteiger partial charge on any atom is 0.228 e. The van der Waals surface area contributed by atoms with Gasteiger partial charge in [-0.15, -0.1) is 0 Å². The molecule has 1 heterocycles. The van der Waals surface area contributed by atoms with Crippen LogP contribution in [0.5, 0.6) is 0 Å². The Morgan fingerprint density at radius 1 is 1.14 bits per heavy atom. The van der Waals surface area contributed by atoms with Crippen LogP contribution in [0.4, 0.5) is 11.4 Å². The molecule has 0 saturated carbocycles. The Hall–Kier alpha value is -2.29. The number of aryl methyl sites for hydroxylation is 1. The first-order chi connectivity index (χ1) is 10.7. The van der Waals surface area contributed by atoms with Crippen molar-refractivity contribution in [3.8, 4) is 0 Å². The Morgan fingerprint density at radius 2 is 1.95 bits per heavy atom. The SMILES string of the molecule is Cc1cccc(NCCC(=O)N2CCc3ccccc32)c1C. The van der Waals surface area contributed by atoms with E-state index in [1.165, 1.54) is 16.7 Å². The number of para-hydroxylation sites is 1. The normalized spacial score (nSPS) is 13.1. The quantitative estimate of drug-likeness (QED) is 0.932. The molecule has 0 saturated heterocycles. The van der Waals surface area contributed by atoms with E-state index in [2.05, 4.69) is 37.4 Å². The molecule has 0 fully saturated rings. The Bertz CT molecular complexity index is 694. The van der Waals surface area contributed by atoms with E-state index in [0.717, 1.165) is 24.3 Å². The van der Waals surface area contributed by atoms with E-state index in [-0.39, 0.29) is 5.91 Å². The molecule has 0 aliphatic carbocycles. The molecule has 2 aromatic rings. The van der Waals surface area contributed by atoms with Crippen LogP contribution in [-0.4, -0.2) is 19.0 Å². The summed E-state index contributed by atoms with van der Waals surface area (Å²) >= 11 is 0. The molecule has 0 spiro atoms. The molecule has 0 atom stereocenters. The van der Waals surface area contributed by atoms with Gasteiger partial charge in [0.1, 0.15) is 0 Å². The zero-order valence-electron chi connectivity index (χ0n) is 13.2. The van der Waals surface area contributed by atoms with Gasteiger partial charge in [0.05, 0.1) is 0 Å². The lowest BCUT2D eigenvalue weighted by molar-refractivity contribution is -0.118. The second kappa shape index (κ2) is 6.22. The van der Waals surface area contributed by atoms with Crippen molar-refractivity contribution in [1.29, 1.82) is 0 Å². The molecular formula is C19H22N2O. The summed E-state index contributed by atoms with van der Waals surface area (Å²) in [4.78, 5) is 14.4. The van der Waals surface area contributed by atoms with Gasteiger partial charge in [-0.1, -0.05) is 30.3 Å². The number of hydrogen-bond donors (Lipinski definition) is 1. The van der Waals surface area contributed by atoms with Crippen molar-refractivity contribution in [3.05, 3.63) is 59.2 Å². The molecule has 0 radical (unpaired) electrons. The standard InChI is InChI=1S/C19H22N2O/c1-14-6-5-8-17(15(14)2)20-12-10-19(22)21-13-11-16-7-3-4-9-18(16)21/h3-9,20H,10-13H2,1-2H3. The molecule has 3 nitrogen and oxygen atoms in total. The summed E-state index contributed by atoms with van der Waals surface area (Å²) in [5, 5.41) is 3.38. The average molecular weight is 294 g/mol. The fraction of sp³-hybridized carbons (Fsp3) is 0.316. The molecule has 0 aromatic heterocycles. The van der Waals surface area contributed by atoms with Crippen LogP contribution < -0.4 is 10.2 Å². The van der Waals surface area contributed by atoms with Gasteiger partial charge in [-0.3, -0.25) is 4.79 Å². The number of nitrogens with zero attached hydrogens (tertiary/aromatic N) is 1. The zero-order valence-corrected chi connectivity index (χ0v) is 13.2. The highest BCUT2D eigenvalue weighted by Gasteiger charge is 2.23. The van der Waals surface area contributed by atoms with E-state index >= 15 is 0 Å². The fourth-order valence-electron chi connectivity index (χ4n) is 2.98. The molecule has 114 valence electrons. The van der Waals surface area contributed by atoms with Crippen molar-refractivity contribution in [3.63, 3.8) is 0 Å². The molecule has 1 N–H and O–H groups in total. The third kappa shape index (κ3) is 2.84. The lowest BCUT2D eigenvalue weighted by atomic mass is 10.1. The van der Waals surface area contributed by atoms with Gasteiger partial charge in [0, 0.05) is 30.9 Å². The van der Waals surface area contributed by atoms with Crippen LogP contribution >= 0.6 is 0 Å². The molecule has 22 heavy (non-hydrogen) atoms. The van der Waals surface area contributed by atoms with Crippen LogP contribution in [0.1, 0.15) is 23.1 Å². The zero-order chi connectivity index (χ0) is 15.5. The molecule has 0 unspecified atom stereocenters. The summed E-state index contributed by atoms with van der Waals surface area (Å²) in [6.45, 7) is 5.69. The van der Waals surface area contributed by atoms with Crippen molar-refractivity contribution in [2.24, 2.45) is 0 Å². The van der Waals surface area contributed by atoms with Gasteiger partial charge in [0.2, 0.25) is 5.91 Å². The van der Waals surface area contributed by atoms with Crippen LogP contribution in [0, 0.1) is 13.8 Å². The van der Waals surface area contributed by atoms with Gasteiger partial charge in [0.15, 0.2) is 0 Å². The topological polar surface area (TPSA) is 32.3 Å². The lowest BCUT2D eigenvalue weighted by Crippen LogP contribution is -2.30. The maximum absolute atomic E-state index is 12.4. The molecular weight excluding hydrogens is 272 g/mol. The molecule has 1 aliphatic heterocycles. The van der Waals surface area contributed by atoms with Gasteiger partial charge >= 0.3 is 0 Å². The highest BCUT2D eigenvalue weighted by atomic mass is 16.2. The Morgan fingerprint density at radius 3 is 2.82 bits per heavy atom. The van der Waals surface area contributed by atoms with E-state index in [9.17, 15) is 4.79 Å². The second-order valence-electron chi connectivity index (χ2n) is 5.85. The van der Waals surface area contributed by atoms with Crippen molar-refractivity contribution in [2.75, 3.05) is 23.3 Å². The summed E-state index contributed by atoms with van der Waals surface area (Å²) in [5.74, 6) is 0.197. The maximum atomic E-state index is 12.4. The molecule has 0 bridgehead atoms. The average Bonchev–Trinajstić information content (AvgIpc) is 2.95. The number of hydrogen-bond acceptors (Lipinski definition) is 2. The Labute approximate surface area is 132 Å². The predicted octanol–water partition coefficient (Wildman–Crippen LogP) is 3.69. The first-order valence-electron chi connectivity index (χ1n) is 7.85. The Balaban J connectivity index is 1.59. The third-order valence-corrected chi connectivity index (χ3v) is 4.45.